The number of amides is 1. The van der Waals surface area contributed by atoms with E-state index in [1.807, 2.05) is 0 Å². The Morgan fingerprint density at radius 2 is 2.05 bits per heavy atom. The van der Waals surface area contributed by atoms with Gasteiger partial charge >= 0.3 is 11.9 Å². The summed E-state index contributed by atoms with van der Waals surface area (Å²) >= 11 is 1.51. The van der Waals surface area contributed by atoms with Crippen molar-refractivity contribution in [3.05, 3.63) is 0 Å². The SMILES string of the molecule is COC(=O)CC1(CSCC(=O)NCCCC(=O)O)CC1. The summed E-state index contributed by atoms with van der Waals surface area (Å²) < 4.78 is 4.66. The molecule has 0 bridgehead atoms. The molecule has 0 heterocycles. The third kappa shape index (κ3) is 6.79. The van der Waals surface area contributed by atoms with E-state index in [1.165, 1.54) is 18.9 Å². The van der Waals surface area contributed by atoms with Gasteiger partial charge < -0.3 is 15.2 Å². The van der Waals surface area contributed by atoms with E-state index in [0.29, 0.717) is 25.1 Å². The average Bonchev–Trinajstić information content (AvgIpc) is 3.14. The minimum absolute atomic E-state index is 0.0291. The van der Waals surface area contributed by atoms with Crippen molar-refractivity contribution in [3.63, 3.8) is 0 Å². The Labute approximate surface area is 122 Å². The van der Waals surface area contributed by atoms with Crippen molar-refractivity contribution < 1.29 is 24.2 Å². The largest absolute Gasteiger partial charge is 0.481 e. The number of thioether (sulfide) groups is 1. The van der Waals surface area contributed by atoms with Crippen LogP contribution in [0.4, 0.5) is 0 Å². The molecule has 2 N–H and O–H groups in total. The van der Waals surface area contributed by atoms with E-state index in [2.05, 4.69) is 10.1 Å². The second-order valence-corrected chi connectivity index (χ2v) is 6.08. The Morgan fingerprint density at radius 3 is 2.60 bits per heavy atom. The molecule has 0 atom stereocenters. The molecule has 0 radical (unpaired) electrons. The summed E-state index contributed by atoms with van der Waals surface area (Å²) in [5.41, 5.74) is 0.0291. The predicted octanol–water partition coefficient (Wildman–Crippen LogP) is 1.04. The lowest BCUT2D eigenvalue weighted by Gasteiger charge is -2.12. The number of methoxy groups -OCH3 is 1. The molecule has 1 amide bonds. The summed E-state index contributed by atoms with van der Waals surface area (Å²) in [7, 11) is 1.39. The van der Waals surface area contributed by atoms with Crippen LogP contribution in [0.5, 0.6) is 0 Å². The molecular weight excluding hydrogens is 282 g/mol. The summed E-state index contributed by atoms with van der Waals surface area (Å²) in [6, 6.07) is 0. The minimum atomic E-state index is -0.855. The standard InChI is InChI=1S/C13H21NO5S/c1-19-12(18)7-13(4-5-13)9-20-8-10(15)14-6-2-3-11(16)17/h2-9H2,1H3,(H,14,15)(H,16,17). The van der Waals surface area contributed by atoms with E-state index in [-0.39, 0.29) is 23.7 Å². The minimum Gasteiger partial charge on any atom is -0.481 e. The fraction of sp³-hybridized carbons (Fsp3) is 0.769. The van der Waals surface area contributed by atoms with Gasteiger partial charge in [-0.1, -0.05) is 0 Å². The summed E-state index contributed by atoms with van der Waals surface area (Å²) in [6.07, 6.45) is 2.95. The van der Waals surface area contributed by atoms with Gasteiger partial charge in [-0.05, 0) is 30.4 Å². The van der Waals surface area contributed by atoms with Crippen LogP contribution in [0.1, 0.15) is 32.1 Å². The highest BCUT2D eigenvalue weighted by atomic mass is 32.2. The van der Waals surface area contributed by atoms with Crippen LogP contribution in [0.25, 0.3) is 0 Å². The Kier molecular flexibility index (Phi) is 6.84. The molecule has 0 aromatic carbocycles. The number of carbonyl (C=O) groups is 3. The molecule has 6 nitrogen and oxygen atoms in total. The lowest BCUT2D eigenvalue weighted by Crippen LogP contribution is -2.27. The van der Waals surface area contributed by atoms with E-state index in [1.54, 1.807) is 0 Å². The van der Waals surface area contributed by atoms with Gasteiger partial charge in [0.15, 0.2) is 0 Å². The normalized spacial score (nSPS) is 15.4. The number of hydrogen-bond donors (Lipinski definition) is 2. The third-order valence-corrected chi connectivity index (χ3v) is 4.52. The Hall–Kier alpha value is -1.24. The van der Waals surface area contributed by atoms with Crippen LogP contribution in [0.15, 0.2) is 0 Å². The van der Waals surface area contributed by atoms with E-state index < -0.39 is 5.97 Å². The molecule has 0 saturated heterocycles. The van der Waals surface area contributed by atoms with Gasteiger partial charge in [-0.3, -0.25) is 14.4 Å². The van der Waals surface area contributed by atoms with E-state index >= 15 is 0 Å². The fourth-order valence-electron chi connectivity index (χ4n) is 1.81. The lowest BCUT2D eigenvalue weighted by atomic mass is 10.1. The molecule has 0 spiro atoms. The van der Waals surface area contributed by atoms with Gasteiger partial charge in [0.1, 0.15) is 0 Å². The second-order valence-electron chi connectivity index (χ2n) is 5.09. The van der Waals surface area contributed by atoms with Crippen LogP contribution < -0.4 is 5.32 Å². The number of rotatable bonds is 10. The maximum Gasteiger partial charge on any atom is 0.306 e. The van der Waals surface area contributed by atoms with Gasteiger partial charge in [0.25, 0.3) is 0 Å². The topological polar surface area (TPSA) is 92.7 Å². The number of nitrogens with one attached hydrogen (secondary N) is 1. The summed E-state index contributed by atoms with van der Waals surface area (Å²) in [4.78, 5) is 33.0. The molecule has 20 heavy (non-hydrogen) atoms. The number of carbonyl (C=O) groups excluding carboxylic acids is 2. The molecule has 7 heteroatoms. The maximum absolute atomic E-state index is 11.5. The van der Waals surface area contributed by atoms with Gasteiger partial charge in [0, 0.05) is 13.0 Å². The van der Waals surface area contributed by atoms with Crippen molar-refractivity contribution in [1.82, 2.24) is 5.32 Å². The van der Waals surface area contributed by atoms with Crippen molar-refractivity contribution in [1.29, 1.82) is 0 Å². The third-order valence-electron chi connectivity index (χ3n) is 3.24. The zero-order valence-corrected chi connectivity index (χ0v) is 12.5. The highest BCUT2D eigenvalue weighted by Crippen LogP contribution is 2.51. The quantitative estimate of drug-likeness (QED) is 0.463. The van der Waals surface area contributed by atoms with Crippen molar-refractivity contribution in [2.45, 2.75) is 32.1 Å². The second kappa shape index (κ2) is 8.14. The Balaban J connectivity index is 2.07. The molecule has 1 aliphatic rings. The highest BCUT2D eigenvalue weighted by molar-refractivity contribution is 7.99. The van der Waals surface area contributed by atoms with Crippen molar-refractivity contribution in [2.75, 3.05) is 25.2 Å². The van der Waals surface area contributed by atoms with E-state index in [4.69, 9.17) is 5.11 Å². The van der Waals surface area contributed by atoms with Crippen LogP contribution in [0.2, 0.25) is 0 Å². The molecule has 0 aliphatic heterocycles. The molecule has 1 rings (SSSR count). The average molecular weight is 303 g/mol. The Bertz CT molecular complexity index is 368. The summed E-state index contributed by atoms with van der Waals surface area (Å²) in [5, 5.41) is 11.1. The number of esters is 1. The maximum atomic E-state index is 11.5. The first kappa shape index (κ1) is 16.8. The molecule has 0 aromatic heterocycles. The van der Waals surface area contributed by atoms with Gasteiger partial charge in [-0.25, -0.2) is 0 Å². The van der Waals surface area contributed by atoms with Crippen LogP contribution in [-0.2, 0) is 19.1 Å². The molecule has 0 unspecified atom stereocenters. The van der Waals surface area contributed by atoms with Crippen molar-refractivity contribution in [2.24, 2.45) is 5.41 Å². The smallest absolute Gasteiger partial charge is 0.306 e. The van der Waals surface area contributed by atoms with Crippen LogP contribution in [-0.4, -0.2) is 48.1 Å². The Morgan fingerprint density at radius 1 is 1.35 bits per heavy atom. The highest BCUT2D eigenvalue weighted by Gasteiger charge is 2.44. The first-order valence-corrected chi connectivity index (χ1v) is 7.76. The molecule has 1 fully saturated rings. The van der Waals surface area contributed by atoms with Crippen LogP contribution in [0, 0.1) is 5.41 Å². The number of carboxylic acid groups (broad SMARTS) is 1. The van der Waals surface area contributed by atoms with Crippen LogP contribution in [0.3, 0.4) is 0 Å². The molecule has 1 aliphatic carbocycles. The lowest BCUT2D eigenvalue weighted by molar-refractivity contribution is -0.142. The number of aliphatic carboxylic acids is 1. The number of ether oxygens (including phenoxy) is 1. The van der Waals surface area contributed by atoms with Gasteiger partial charge in [-0.2, -0.15) is 11.8 Å². The summed E-state index contributed by atoms with van der Waals surface area (Å²) in [6.45, 7) is 0.388. The molecular formula is C13H21NO5S. The van der Waals surface area contributed by atoms with Gasteiger partial charge in [0.2, 0.25) is 5.91 Å². The van der Waals surface area contributed by atoms with Crippen molar-refractivity contribution >= 4 is 29.6 Å². The summed E-state index contributed by atoms with van der Waals surface area (Å²) in [5.74, 6) is -0.0109. The monoisotopic (exact) mass is 303 g/mol. The molecule has 114 valence electrons. The zero-order valence-electron chi connectivity index (χ0n) is 11.6. The molecule has 0 aromatic rings. The van der Waals surface area contributed by atoms with Crippen molar-refractivity contribution in [3.8, 4) is 0 Å². The van der Waals surface area contributed by atoms with E-state index in [9.17, 15) is 14.4 Å². The fourth-order valence-corrected chi connectivity index (χ4v) is 3.02. The number of hydrogen-bond acceptors (Lipinski definition) is 5. The van der Waals surface area contributed by atoms with Gasteiger partial charge in [-0.15, -0.1) is 0 Å². The predicted molar refractivity (Wildman–Crippen MR) is 75.5 cm³/mol. The van der Waals surface area contributed by atoms with Crippen LogP contribution >= 0.6 is 11.8 Å². The van der Waals surface area contributed by atoms with Gasteiger partial charge in [0.05, 0.1) is 19.3 Å². The zero-order chi connectivity index (χ0) is 15.0. The first-order valence-electron chi connectivity index (χ1n) is 6.60. The van der Waals surface area contributed by atoms with E-state index in [0.717, 1.165) is 18.6 Å². The first-order chi connectivity index (χ1) is 9.47. The molecule has 1 saturated carbocycles. The number of carboxylic acids is 1.